The van der Waals surface area contributed by atoms with Crippen LogP contribution in [0.2, 0.25) is 0 Å². The van der Waals surface area contributed by atoms with Gasteiger partial charge in [-0.1, -0.05) is 13.8 Å². The van der Waals surface area contributed by atoms with E-state index in [1.54, 1.807) is 19.5 Å². The average molecular weight is 166 g/mol. The largest absolute Gasteiger partial charge is 0.480 e. The van der Waals surface area contributed by atoms with E-state index in [0.717, 1.165) is 12.1 Å². The van der Waals surface area contributed by atoms with Gasteiger partial charge < -0.3 is 4.74 Å². The van der Waals surface area contributed by atoms with Crippen molar-refractivity contribution in [3.8, 4) is 5.88 Å². The summed E-state index contributed by atoms with van der Waals surface area (Å²) in [6.45, 7) is 4.27. The van der Waals surface area contributed by atoms with Gasteiger partial charge in [0.05, 0.1) is 25.2 Å². The average Bonchev–Trinajstić information content (AvgIpc) is 2.17. The molecular formula is C9H14N2O. The predicted octanol–water partition coefficient (Wildman–Crippen LogP) is 2.00. The minimum atomic E-state index is 0.475. The normalized spacial score (nSPS) is 12.6. The zero-order chi connectivity index (χ0) is 8.97. The molecule has 0 aliphatic heterocycles. The Labute approximate surface area is 72.8 Å². The molecule has 0 radical (unpaired) electrons. The Morgan fingerprint density at radius 2 is 2.17 bits per heavy atom. The molecule has 3 heteroatoms. The van der Waals surface area contributed by atoms with Gasteiger partial charge in [0.2, 0.25) is 5.88 Å². The maximum Gasteiger partial charge on any atom is 0.231 e. The second-order valence-corrected chi connectivity index (χ2v) is 2.79. The van der Waals surface area contributed by atoms with Crippen molar-refractivity contribution in [1.29, 1.82) is 0 Å². The summed E-state index contributed by atoms with van der Waals surface area (Å²) >= 11 is 0. The number of aromatic nitrogens is 2. The first kappa shape index (κ1) is 8.97. The summed E-state index contributed by atoms with van der Waals surface area (Å²) in [4.78, 5) is 8.31. The van der Waals surface area contributed by atoms with E-state index in [1.165, 1.54) is 0 Å². The molecule has 12 heavy (non-hydrogen) atoms. The van der Waals surface area contributed by atoms with E-state index in [0.29, 0.717) is 11.8 Å². The first-order valence-electron chi connectivity index (χ1n) is 4.13. The Hall–Kier alpha value is -1.12. The van der Waals surface area contributed by atoms with E-state index in [4.69, 9.17) is 4.74 Å². The van der Waals surface area contributed by atoms with Gasteiger partial charge in [-0.15, -0.1) is 0 Å². The van der Waals surface area contributed by atoms with Crippen molar-refractivity contribution in [1.82, 2.24) is 9.97 Å². The van der Waals surface area contributed by atoms with E-state index in [-0.39, 0.29) is 0 Å². The lowest BCUT2D eigenvalue weighted by Crippen LogP contribution is -1.97. The van der Waals surface area contributed by atoms with Crippen LogP contribution in [0.5, 0.6) is 5.88 Å². The molecule has 1 heterocycles. The van der Waals surface area contributed by atoms with Crippen LogP contribution in [-0.4, -0.2) is 17.1 Å². The van der Waals surface area contributed by atoms with Crippen LogP contribution in [-0.2, 0) is 0 Å². The first-order valence-corrected chi connectivity index (χ1v) is 4.13. The summed E-state index contributed by atoms with van der Waals surface area (Å²) < 4.78 is 4.91. The van der Waals surface area contributed by atoms with Gasteiger partial charge in [-0.2, -0.15) is 0 Å². The van der Waals surface area contributed by atoms with Crippen LogP contribution in [0.3, 0.4) is 0 Å². The maximum absolute atomic E-state index is 4.91. The lowest BCUT2D eigenvalue weighted by Gasteiger charge is -2.06. The van der Waals surface area contributed by atoms with Gasteiger partial charge in [0.15, 0.2) is 0 Å². The van der Waals surface area contributed by atoms with E-state index in [9.17, 15) is 0 Å². The molecule has 0 aromatic carbocycles. The van der Waals surface area contributed by atoms with Gasteiger partial charge in [-0.05, 0) is 12.3 Å². The van der Waals surface area contributed by atoms with Crippen molar-refractivity contribution < 1.29 is 4.74 Å². The molecule has 0 N–H and O–H groups in total. The van der Waals surface area contributed by atoms with Crippen LogP contribution >= 0.6 is 0 Å². The standard InChI is InChI=1S/C9H14N2O/c1-4-7(2)8-5-11-9(12-3)6-10-8/h5-7H,4H2,1-3H3/t7-/m1/s1. The minimum Gasteiger partial charge on any atom is -0.480 e. The number of hydrogen-bond acceptors (Lipinski definition) is 3. The molecule has 0 saturated carbocycles. The minimum absolute atomic E-state index is 0.475. The highest BCUT2D eigenvalue weighted by molar-refractivity contribution is 5.09. The van der Waals surface area contributed by atoms with Gasteiger partial charge in [-0.3, -0.25) is 4.98 Å². The molecule has 0 amide bonds. The fraction of sp³-hybridized carbons (Fsp3) is 0.556. The molecule has 0 spiro atoms. The second kappa shape index (κ2) is 4.04. The van der Waals surface area contributed by atoms with E-state index in [2.05, 4.69) is 23.8 Å². The molecule has 0 unspecified atom stereocenters. The third-order valence-corrected chi connectivity index (χ3v) is 1.97. The van der Waals surface area contributed by atoms with Crippen LogP contribution in [0.25, 0.3) is 0 Å². The summed E-state index contributed by atoms with van der Waals surface area (Å²) in [6.07, 6.45) is 4.51. The highest BCUT2D eigenvalue weighted by Gasteiger charge is 2.04. The summed E-state index contributed by atoms with van der Waals surface area (Å²) in [5.41, 5.74) is 1.03. The smallest absolute Gasteiger partial charge is 0.231 e. The van der Waals surface area contributed by atoms with E-state index >= 15 is 0 Å². The van der Waals surface area contributed by atoms with Gasteiger partial charge >= 0.3 is 0 Å². The SMILES string of the molecule is CC[C@@H](C)c1cnc(OC)cn1. The van der Waals surface area contributed by atoms with Crippen molar-refractivity contribution in [2.75, 3.05) is 7.11 Å². The molecule has 0 aliphatic rings. The number of rotatable bonds is 3. The van der Waals surface area contributed by atoms with Crippen molar-refractivity contribution in [2.24, 2.45) is 0 Å². The lowest BCUT2D eigenvalue weighted by molar-refractivity contribution is 0.394. The fourth-order valence-corrected chi connectivity index (χ4v) is 0.895. The zero-order valence-corrected chi connectivity index (χ0v) is 7.74. The van der Waals surface area contributed by atoms with Crippen molar-refractivity contribution >= 4 is 0 Å². The molecule has 1 atom stereocenters. The molecule has 0 bridgehead atoms. The van der Waals surface area contributed by atoms with Crippen molar-refractivity contribution in [3.63, 3.8) is 0 Å². The van der Waals surface area contributed by atoms with Crippen molar-refractivity contribution in [3.05, 3.63) is 18.1 Å². The number of nitrogens with zero attached hydrogens (tertiary/aromatic N) is 2. The highest BCUT2D eigenvalue weighted by atomic mass is 16.5. The van der Waals surface area contributed by atoms with Gasteiger partial charge in [0.25, 0.3) is 0 Å². The first-order chi connectivity index (χ1) is 5.77. The third kappa shape index (κ3) is 1.94. The number of methoxy groups -OCH3 is 1. The number of hydrogen-bond donors (Lipinski definition) is 0. The summed E-state index contributed by atoms with van der Waals surface area (Å²) in [6, 6.07) is 0. The topological polar surface area (TPSA) is 35.0 Å². The van der Waals surface area contributed by atoms with E-state index < -0.39 is 0 Å². The Morgan fingerprint density at radius 1 is 1.42 bits per heavy atom. The van der Waals surface area contributed by atoms with Crippen LogP contribution in [0.1, 0.15) is 31.9 Å². The number of ether oxygens (including phenoxy) is 1. The molecule has 1 rings (SSSR count). The van der Waals surface area contributed by atoms with Crippen LogP contribution in [0.15, 0.2) is 12.4 Å². The molecule has 66 valence electrons. The molecule has 1 aromatic heterocycles. The Balaban J connectivity index is 2.77. The Morgan fingerprint density at radius 3 is 2.58 bits per heavy atom. The molecular weight excluding hydrogens is 152 g/mol. The molecule has 0 fully saturated rings. The molecule has 1 aromatic rings. The summed E-state index contributed by atoms with van der Waals surface area (Å²) in [5.74, 6) is 1.05. The molecule has 0 aliphatic carbocycles. The monoisotopic (exact) mass is 166 g/mol. The summed E-state index contributed by atoms with van der Waals surface area (Å²) in [5, 5.41) is 0. The quantitative estimate of drug-likeness (QED) is 0.688. The van der Waals surface area contributed by atoms with Gasteiger partial charge in [0.1, 0.15) is 0 Å². The van der Waals surface area contributed by atoms with Crippen LogP contribution in [0.4, 0.5) is 0 Å². The van der Waals surface area contributed by atoms with E-state index in [1.807, 2.05) is 0 Å². The van der Waals surface area contributed by atoms with Crippen LogP contribution in [0, 0.1) is 0 Å². The second-order valence-electron chi connectivity index (χ2n) is 2.79. The van der Waals surface area contributed by atoms with Gasteiger partial charge in [0, 0.05) is 0 Å². The third-order valence-electron chi connectivity index (χ3n) is 1.97. The highest BCUT2D eigenvalue weighted by Crippen LogP contribution is 2.15. The predicted molar refractivity (Wildman–Crippen MR) is 47.3 cm³/mol. The fourth-order valence-electron chi connectivity index (χ4n) is 0.895. The zero-order valence-electron chi connectivity index (χ0n) is 7.74. The van der Waals surface area contributed by atoms with Crippen LogP contribution < -0.4 is 4.74 Å². The Kier molecular flexibility index (Phi) is 3.02. The molecule has 3 nitrogen and oxygen atoms in total. The van der Waals surface area contributed by atoms with Gasteiger partial charge in [-0.25, -0.2) is 4.98 Å². The summed E-state index contributed by atoms with van der Waals surface area (Å²) in [7, 11) is 1.59. The molecule has 0 saturated heterocycles. The van der Waals surface area contributed by atoms with Crippen molar-refractivity contribution in [2.45, 2.75) is 26.2 Å². The Bertz CT molecular complexity index is 233. The lowest BCUT2D eigenvalue weighted by atomic mass is 10.1. The maximum atomic E-state index is 4.91.